The first kappa shape index (κ1) is 18.2. The SMILES string of the molecule is CCS[C@@H]1CCC[C@H](NC(=O)N[C@H](C)Cc2c(C)noc2C)C1. The summed E-state index contributed by atoms with van der Waals surface area (Å²) in [7, 11) is 0. The number of urea groups is 1. The molecule has 23 heavy (non-hydrogen) atoms. The molecule has 1 heterocycles. The van der Waals surface area contributed by atoms with Gasteiger partial charge >= 0.3 is 6.03 Å². The third-order valence-corrected chi connectivity index (χ3v) is 5.67. The Morgan fingerprint density at radius 2 is 2.22 bits per heavy atom. The fourth-order valence-corrected chi connectivity index (χ4v) is 4.44. The van der Waals surface area contributed by atoms with Crippen LogP contribution in [-0.4, -0.2) is 34.3 Å². The lowest BCUT2D eigenvalue weighted by molar-refractivity contribution is 0.230. The molecule has 2 N–H and O–H groups in total. The second kappa shape index (κ2) is 8.62. The number of thioether (sulfide) groups is 1. The molecule has 0 unspecified atom stereocenters. The number of nitrogens with zero attached hydrogens (tertiary/aromatic N) is 1. The summed E-state index contributed by atoms with van der Waals surface area (Å²) in [6.45, 7) is 8.06. The minimum Gasteiger partial charge on any atom is -0.361 e. The minimum atomic E-state index is -0.0589. The molecule has 0 aromatic carbocycles. The van der Waals surface area contributed by atoms with Gasteiger partial charge in [-0.15, -0.1) is 0 Å². The smallest absolute Gasteiger partial charge is 0.315 e. The zero-order chi connectivity index (χ0) is 16.8. The topological polar surface area (TPSA) is 67.2 Å². The van der Waals surface area contributed by atoms with Crippen LogP contribution in [0.15, 0.2) is 4.52 Å². The highest BCUT2D eigenvalue weighted by Gasteiger charge is 2.23. The highest BCUT2D eigenvalue weighted by Crippen LogP contribution is 2.28. The number of nitrogens with one attached hydrogen (secondary N) is 2. The number of aryl methyl sites for hydroxylation is 2. The summed E-state index contributed by atoms with van der Waals surface area (Å²) < 4.78 is 5.18. The molecule has 2 amide bonds. The monoisotopic (exact) mass is 339 g/mol. The Hall–Kier alpha value is -1.17. The number of carbonyl (C=O) groups is 1. The molecule has 1 fully saturated rings. The molecule has 2 rings (SSSR count). The maximum Gasteiger partial charge on any atom is 0.315 e. The molecule has 0 spiro atoms. The van der Waals surface area contributed by atoms with E-state index in [2.05, 4.69) is 22.7 Å². The van der Waals surface area contributed by atoms with Gasteiger partial charge in [0.2, 0.25) is 0 Å². The van der Waals surface area contributed by atoms with Crippen LogP contribution in [0.2, 0.25) is 0 Å². The average Bonchev–Trinajstić information content (AvgIpc) is 2.79. The normalized spacial score (nSPS) is 22.6. The van der Waals surface area contributed by atoms with Gasteiger partial charge in [-0.25, -0.2) is 4.79 Å². The zero-order valence-corrected chi connectivity index (χ0v) is 15.5. The van der Waals surface area contributed by atoms with Gasteiger partial charge in [-0.3, -0.25) is 0 Å². The third-order valence-electron chi connectivity index (χ3n) is 4.43. The Kier molecular flexibility index (Phi) is 6.81. The van der Waals surface area contributed by atoms with Gasteiger partial charge in [0.1, 0.15) is 5.76 Å². The van der Waals surface area contributed by atoms with Gasteiger partial charge in [0.05, 0.1) is 5.69 Å². The summed E-state index contributed by atoms with van der Waals surface area (Å²) >= 11 is 2.01. The van der Waals surface area contributed by atoms with Crippen molar-refractivity contribution in [1.82, 2.24) is 15.8 Å². The van der Waals surface area contributed by atoms with Crippen molar-refractivity contribution < 1.29 is 9.32 Å². The number of hydrogen-bond donors (Lipinski definition) is 2. The van der Waals surface area contributed by atoms with Gasteiger partial charge < -0.3 is 15.2 Å². The van der Waals surface area contributed by atoms with Crippen LogP contribution in [-0.2, 0) is 6.42 Å². The van der Waals surface area contributed by atoms with Crippen LogP contribution in [0.4, 0.5) is 4.79 Å². The summed E-state index contributed by atoms with van der Waals surface area (Å²) in [5.74, 6) is 1.99. The van der Waals surface area contributed by atoms with Gasteiger partial charge in [0.25, 0.3) is 0 Å². The van der Waals surface area contributed by atoms with Gasteiger partial charge in [-0.2, -0.15) is 11.8 Å². The highest BCUT2D eigenvalue weighted by molar-refractivity contribution is 7.99. The van der Waals surface area contributed by atoms with E-state index < -0.39 is 0 Å². The van der Waals surface area contributed by atoms with Crippen molar-refractivity contribution in [1.29, 1.82) is 0 Å². The Balaban J connectivity index is 1.77. The van der Waals surface area contributed by atoms with E-state index in [-0.39, 0.29) is 12.1 Å². The van der Waals surface area contributed by atoms with Crippen LogP contribution in [0.1, 0.15) is 56.5 Å². The minimum absolute atomic E-state index is 0.0520. The van der Waals surface area contributed by atoms with Crippen molar-refractivity contribution >= 4 is 17.8 Å². The first-order valence-corrected chi connectivity index (χ1v) is 9.64. The van der Waals surface area contributed by atoms with E-state index in [1.807, 2.05) is 32.5 Å². The standard InChI is InChI=1S/C17H29N3O2S/c1-5-23-15-8-6-7-14(10-15)19-17(21)18-11(2)9-16-12(3)20-22-13(16)4/h11,14-15H,5-10H2,1-4H3,(H2,18,19,21)/t11-,14+,15-/m1/s1. The molecule has 0 saturated heterocycles. The van der Waals surface area contributed by atoms with Gasteiger partial charge in [-0.1, -0.05) is 18.5 Å². The van der Waals surface area contributed by atoms with Crippen molar-refractivity contribution in [2.24, 2.45) is 0 Å². The van der Waals surface area contributed by atoms with Gasteiger partial charge in [0.15, 0.2) is 0 Å². The number of rotatable bonds is 6. The molecular weight excluding hydrogens is 310 g/mol. The maximum absolute atomic E-state index is 12.2. The van der Waals surface area contributed by atoms with Crippen LogP contribution in [0.5, 0.6) is 0 Å². The Bertz CT molecular complexity index is 496. The van der Waals surface area contributed by atoms with E-state index in [1.54, 1.807) is 0 Å². The number of carbonyl (C=O) groups excluding carboxylic acids is 1. The van der Waals surface area contributed by atoms with Crippen LogP contribution in [0.25, 0.3) is 0 Å². The first-order valence-electron chi connectivity index (χ1n) is 8.60. The van der Waals surface area contributed by atoms with Crippen LogP contribution in [0, 0.1) is 13.8 Å². The molecule has 1 aliphatic carbocycles. The summed E-state index contributed by atoms with van der Waals surface area (Å²) in [5, 5.41) is 10.8. The van der Waals surface area contributed by atoms with Crippen LogP contribution in [0.3, 0.4) is 0 Å². The lowest BCUT2D eigenvalue weighted by Crippen LogP contribution is -2.47. The molecular formula is C17H29N3O2S. The Morgan fingerprint density at radius 3 is 2.87 bits per heavy atom. The molecule has 0 bridgehead atoms. The third kappa shape index (κ3) is 5.44. The Labute approximate surface area is 143 Å². The summed E-state index contributed by atoms with van der Waals surface area (Å²) in [5.41, 5.74) is 2.00. The van der Waals surface area contributed by atoms with E-state index in [9.17, 15) is 4.79 Å². The molecule has 1 aromatic heterocycles. The molecule has 3 atom stereocenters. The van der Waals surface area contributed by atoms with Crippen molar-refractivity contribution in [2.75, 3.05) is 5.75 Å². The second-order valence-corrected chi connectivity index (χ2v) is 8.04. The molecule has 0 aliphatic heterocycles. The van der Waals surface area contributed by atoms with Gasteiger partial charge in [0, 0.05) is 22.9 Å². The number of hydrogen-bond acceptors (Lipinski definition) is 4. The summed E-state index contributed by atoms with van der Waals surface area (Å²) in [6, 6.07) is 0.298. The average molecular weight is 340 g/mol. The lowest BCUT2D eigenvalue weighted by Gasteiger charge is -2.29. The molecule has 1 aliphatic rings. The van der Waals surface area contributed by atoms with Crippen LogP contribution >= 0.6 is 11.8 Å². The molecule has 1 aromatic rings. The number of aromatic nitrogens is 1. The molecule has 5 nitrogen and oxygen atoms in total. The summed E-state index contributed by atoms with van der Waals surface area (Å²) in [6.07, 6.45) is 5.40. The van der Waals surface area contributed by atoms with E-state index in [1.165, 1.54) is 12.8 Å². The number of amides is 2. The largest absolute Gasteiger partial charge is 0.361 e. The van der Waals surface area contributed by atoms with Crippen LogP contribution < -0.4 is 10.6 Å². The van der Waals surface area contributed by atoms with Crippen molar-refractivity contribution in [3.63, 3.8) is 0 Å². The molecule has 0 radical (unpaired) electrons. The predicted octanol–water partition coefficient (Wildman–Crippen LogP) is 3.59. The summed E-state index contributed by atoms with van der Waals surface area (Å²) in [4.78, 5) is 12.2. The molecule has 1 saturated carbocycles. The van der Waals surface area contributed by atoms with E-state index >= 15 is 0 Å². The molecule has 6 heteroatoms. The van der Waals surface area contributed by atoms with Gasteiger partial charge in [-0.05, 0) is 52.2 Å². The van der Waals surface area contributed by atoms with Crippen molar-refractivity contribution in [3.8, 4) is 0 Å². The zero-order valence-electron chi connectivity index (χ0n) is 14.6. The quantitative estimate of drug-likeness (QED) is 0.831. The van der Waals surface area contributed by atoms with Crippen molar-refractivity contribution in [2.45, 2.75) is 77.1 Å². The van der Waals surface area contributed by atoms with E-state index in [0.717, 1.165) is 42.0 Å². The first-order chi connectivity index (χ1) is 11.0. The second-order valence-electron chi connectivity index (χ2n) is 6.47. The van der Waals surface area contributed by atoms with Crippen molar-refractivity contribution in [3.05, 3.63) is 17.0 Å². The predicted molar refractivity (Wildman–Crippen MR) is 95.0 cm³/mol. The lowest BCUT2D eigenvalue weighted by atomic mass is 9.95. The fourth-order valence-electron chi connectivity index (χ4n) is 3.26. The Morgan fingerprint density at radius 1 is 1.43 bits per heavy atom. The maximum atomic E-state index is 12.2. The van der Waals surface area contributed by atoms with E-state index in [0.29, 0.717) is 11.3 Å². The molecule has 130 valence electrons. The fraction of sp³-hybridized carbons (Fsp3) is 0.765. The van der Waals surface area contributed by atoms with E-state index in [4.69, 9.17) is 4.52 Å². The highest BCUT2D eigenvalue weighted by atomic mass is 32.2.